The van der Waals surface area contributed by atoms with Gasteiger partial charge in [0.2, 0.25) is 0 Å². The topological polar surface area (TPSA) is 78.1 Å². The summed E-state index contributed by atoms with van der Waals surface area (Å²) >= 11 is 5.90. The summed E-state index contributed by atoms with van der Waals surface area (Å²) in [7, 11) is 0. The van der Waals surface area contributed by atoms with Gasteiger partial charge in [0.25, 0.3) is 5.91 Å². The lowest BCUT2D eigenvalue weighted by Crippen LogP contribution is -2.13. The molecule has 0 atom stereocenters. The lowest BCUT2D eigenvalue weighted by molar-refractivity contribution is -0.112. The van der Waals surface area contributed by atoms with Gasteiger partial charge in [-0.25, -0.2) is 4.39 Å². The summed E-state index contributed by atoms with van der Waals surface area (Å²) in [4.78, 5) is 12.5. The number of phenolic OH excluding ortho intramolecular Hbond substituents is 1. The number of rotatable bonds is 4. The molecule has 1 aromatic heterocycles. The summed E-state index contributed by atoms with van der Waals surface area (Å²) in [6, 6.07) is 14.1. The van der Waals surface area contributed by atoms with Crippen LogP contribution in [0.4, 0.5) is 10.1 Å². The first kappa shape index (κ1) is 20.2. The standard InChI is InChI=1S/C22H17ClFN3O2/c1-13-9-15(14(2)27(13)18-5-8-21(24)20(23)11-18)10-16(12-25)22(29)26-17-3-6-19(28)7-4-17/h3-11,28H,1-2H3,(H,26,29). The normalized spacial score (nSPS) is 11.2. The Labute approximate surface area is 172 Å². The molecule has 0 radical (unpaired) electrons. The third kappa shape index (κ3) is 4.31. The summed E-state index contributed by atoms with van der Waals surface area (Å²) in [5.41, 5.74) is 3.36. The van der Waals surface area contributed by atoms with Crippen molar-refractivity contribution in [1.82, 2.24) is 4.57 Å². The SMILES string of the molecule is Cc1cc(C=C(C#N)C(=O)Nc2ccc(O)cc2)c(C)n1-c1ccc(F)c(Cl)c1. The first-order valence-electron chi connectivity index (χ1n) is 8.66. The summed E-state index contributed by atoms with van der Waals surface area (Å²) in [5, 5.41) is 21.4. The van der Waals surface area contributed by atoms with Crippen LogP contribution in [-0.4, -0.2) is 15.6 Å². The molecule has 3 aromatic rings. The third-order valence-electron chi connectivity index (χ3n) is 4.42. The molecule has 0 aliphatic carbocycles. The Balaban J connectivity index is 1.94. The van der Waals surface area contributed by atoms with Crippen LogP contribution in [0.15, 0.2) is 54.1 Å². The van der Waals surface area contributed by atoms with Gasteiger partial charge in [0.05, 0.1) is 5.02 Å². The van der Waals surface area contributed by atoms with Gasteiger partial charge < -0.3 is 15.0 Å². The Morgan fingerprint density at radius 2 is 1.90 bits per heavy atom. The molecule has 0 aliphatic rings. The van der Waals surface area contributed by atoms with E-state index >= 15 is 0 Å². The second kappa shape index (κ2) is 8.21. The number of carbonyl (C=O) groups is 1. The smallest absolute Gasteiger partial charge is 0.266 e. The highest BCUT2D eigenvalue weighted by Crippen LogP contribution is 2.26. The number of hydrogen-bond donors (Lipinski definition) is 2. The zero-order valence-electron chi connectivity index (χ0n) is 15.7. The summed E-state index contributed by atoms with van der Waals surface area (Å²) in [5.74, 6) is -0.990. The molecule has 0 fully saturated rings. The molecule has 1 heterocycles. The Morgan fingerprint density at radius 3 is 2.52 bits per heavy atom. The van der Waals surface area contributed by atoms with Crippen LogP contribution < -0.4 is 5.32 Å². The number of carbonyl (C=O) groups excluding carboxylic acids is 1. The van der Waals surface area contributed by atoms with Gasteiger partial charge in [0, 0.05) is 22.8 Å². The molecule has 0 unspecified atom stereocenters. The van der Waals surface area contributed by atoms with Crippen molar-refractivity contribution in [3.8, 4) is 17.5 Å². The van der Waals surface area contributed by atoms with E-state index in [1.165, 1.54) is 42.5 Å². The molecule has 2 N–H and O–H groups in total. The van der Waals surface area contributed by atoms with Crippen molar-refractivity contribution in [2.75, 3.05) is 5.32 Å². The van der Waals surface area contributed by atoms with Crippen molar-refractivity contribution in [2.24, 2.45) is 0 Å². The van der Waals surface area contributed by atoms with Crippen LogP contribution in [0, 0.1) is 31.0 Å². The monoisotopic (exact) mass is 409 g/mol. The Morgan fingerprint density at radius 1 is 1.21 bits per heavy atom. The number of aromatic nitrogens is 1. The van der Waals surface area contributed by atoms with Crippen LogP contribution in [0.3, 0.4) is 0 Å². The molecule has 1 amide bonds. The maximum atomic E-state index is 13.5. The number of benzene rings is 2. The van der Waals surface area contributed by atoms with Crippen molar-refractivity contribution >= 4 is 29.3 Å². The van der Waals surface area contributed by atoms with E-state index in [-0.39, 0.29) is 16.3 Å². The number of nitrogens with one attached hydrogen (secondary N) is 1. The predicted octanol–water partition coefficient (Wildman–Crippen LogP) is 5.14. The van der Waals surface area contributed by atoms with Gasteiger partial charge in [-0.3, -0.25) is 4.79 Å². The predicted molar refractivity (Wildman–Crippen MR) is 111 cm³/mol. The number of aryl methyl sites for hydroxylation is 1. The molecular formula is C22H17ClFN3O2. The van der Waals surface area contributed by atoms with E-state index in [0.29, 0.717) is 16.9 Å². The number of hydrogen-bond acceptors (Lipinski definition) is 3. The van der Waals surface area contributed by atoms with E-state index < -0.39 is 11.7 Å². The molecular weight excluding hydrogens is 393 g/mol. The largest absolute Gasteiger partial charge is 0.508 e. The zero-order chi connectivity index (χ0) is 21.1. The second-order valence-electron chi connectivity index (χ2n) is 6.43. The van der Waals surface area contributed by atoms with Crippen LogP contribution >= 0.6 is 11.6 Å². The molecule has 0 bridgehead atoms. The minimum Gasteiger partial charge on any atom is -0.508 e. The van der Waals surface area contributed by atoms with Gasteiger partial charge in [-0.15, -0.1) is 0 Å². The van der Waals surface area contributed by atoms with Crippen LogP contribution in [0.25, 0.3) is 11.8 Å². The molecule has 0 saturated carbocycles. The minimum atomic E-state index is -0.562. The number of halogens is 2. The number of anilines is 1. The Kier molecular flexibility index (Phi) is 5.71. The third-order valence-corrected chi connectivity index (χ3v) is 4.71. The molecule has 0 saturated heterocycles. The second-order valence-corrected chi connectivity index (χ2v) is 6.84. The number of aromatic hydroxyl groups is 1. The first-order chi connectivity index (χ1) is 13.8. The summed E-state index contributed by atoms with van der Waals surface area (Å²) < 4.78 is 15.3. The van der Waals surface area contributed by atoms with E-state index in [1.54, 1.807) is 6.07 Å². The lowest BCUT2D eigenvalue weighted by Gasteiger charge is -2.10. The number of amides is 1. The van der Waals surface area contributed by atoms with Crippen molar-refractivity contribution in [3.63, 3.8) is 0 Å². The van der Waals surface area contributed by atoms with Crippen molar-refractivity contribution in [2.45, 2.75) is 13.8 Å². The average Bonchev–Trinajstić information content (AvgIpc) is 2.97. The quantitative estimate of drug-likeness (QED) is 0.356. The fourth-order valence-electron chi connectivity index (χ4n) is 3.00. The van der Waals surface area contributed by atoms with Crippen LogP contribution in [0.5, 0.6) is 5.75 Å². The molecule has 146 valence electrons. The van der Waals surface area contributed by atoms with Gasteiger partial charge >= 0.3 is 0 Å². The maximum absolute atomic E-state index is 13.5. The fraction of sp³-hybridized carbons (Fsp3) is 0.0909. The minimum absolute atomic E-state index is 0.0121. The Bertz CT molecular complexity index is 1160. The Hall–Kier alpha value is -3.56. The molecule has 0 spiro atoms. The molecule has 7 heteroatoms. The van der Waals surface area contributed by atoms with Crippen molar-refractivity contribution in [3.05, 3.63) is 81.9 Å². The number of nitrogens with zero attached hydrogens (tertiary/aromatic N) is 2. The average molecular weight is 410 g/mol. The molecule has 5 nitrogen and oxygen atoms in total. The van der Waals surface area contributed by atoms with Crippen LogP contribution in [-0.2, 0) is 4.79 Å². The van der Waals surface area contributed by atoms with E-state index in [4.69, 9.17) is 11.6 Å². The van der Waals surface area contributed by atoms with Crippen molar-refractivity contribution in [1.29, 1.82) is 5.26 Å². The van der Waals surface area contributed by atoms with Gasteiger partial charge in [-0.2, -0.15) is 5.26 Å². The fourth-order valence-corrected chi connectivity index (χ4v) is 3.18. The van der Waals surface area contributed by atoms with E-state index in [9.17, 15) is 19.6 Å². The van der Waals surface area contributed by atoms with Gasteiger partial charge in [0.15, 0.2) is 0 Å². The zero-order valence-corrected chi connectivity index (χ0v) is 16.5. The van der Waals surface area contributed by atoms with E-state index in [1.807, 2.05) is 30.6 Å². The highest BCUT2D eigenvalue weighted by Gasteiger charge is 2.15. The van der Waals surface area contributed by atoms with Crippen molar-refractivity contribution < 1.29 is 14.3 Å². The molecule has 3 rings (SSSR count). The van der Waals surface area contributed by atoms with Gasteiger partial charge in [0.1, 0.15) is 23.2 Å². The highest BCUT2D eigenvalue weighted by atomic mass is 35.5. The first-order valence-corrected chi connectivity index (χ1v) is 9.04. The summed E-state index contributed by atoms with van der Waals surface area (Å²) in [6.45, 7) is 3.70. The molecule has 0 aliphatic heterocycles. The van der Waals surface area contributed by atoms with Crippen LogP contribution in [0.2, 0.25) is 5.02 Å². The van der Waals surface area contributed by atoms with Gasteiger partial charge in [-0.05, 0) is 74.0 Å². The molecule has 29 heavy (non-hydrogen) atoms. The summed E-state index contributed by atoms with van der Waals surface area (Å²) in [6.07, 6.45) is 1.50. The highest BCUT2D eigenvalue weighted by molar-refractivity contribution is 6.30. The maximum Gasteiger partial charge on any atom is 0.266 e. The number of phenols is 1. The van der Waals surface area contributed by atoms with E-state index in [0.717, 1.165) is 11.4 Å². The molecule has 2 aromatic carbocycles. The number of nitriles is 1. The van der Waals surface area contributed by atoms with E-state index in [2.05, 4.69) is 5.32 Å². The lowest BCUT2D eigenvalue weighted by atomic mass is 10.1. The van der Waals surface area contributed by atoms with Crippen LogP contribution in [0.1, 0.15) is 17.0 Å². The van der Waals surface area contributed by atoms with Gasteiger partial charge in [-0.1, -0.05) is 11.6 Å².